The van der Waals surface area contributed by atoms with Gasteiger partial charge in [0.2, 0.25) is 0 Å². The minimum absolute atomic E-state index is 0.0139. The van der Waals surface area contributed by atoms with E-state index in [1.54, 1.807) is 0 Å². The van der Waals surface area contributed by atoms with E-state index >= 15 is 0 Å². The first kappa shape index (κ1) is 12.8. The minimum atomic E-state index is -1.14. The van der Waals surface area contributed by atoms with Crippen LogP contribution in [0.3, 0.4) is 0 Å². The predicted octanol–water partition coefficient (Wildman–Crippen LogP) is -0.0787. The molecule has 16 heavy (non-hydrogen) atoms. The van der Waals surface area contributed by atoms with Gasteiger partial charge in [0.05, 0.1) is 0 Å². The van der Waals surface area contributed by atoms with Gasteiger partial charge in [-0.25, -0.2) is 9.59 Å². The van der Waals surface area contributed by atoms with Crippen LogP contribution < -0.4 is 10.6 Å². The van der Waals surface area contributed by atoms with Crippen LogP contribution in [0.1, 0.15) is 26.2 Å². The normalized spacial score (nSPS) is 18.6. The Hall–Kier alpha value is -1.30. The van der Waals surface area contributed by atoms with E-state index in [4.69, 9.17) is 10.2 Å². The van der Waals surface area contributed by atoms with Gasteiger partial charge in [-0.2, -0.15) is 0 Å². The van der Waals surface area contributed by atoms with E-state index < -0.39 is 18.0 Å². The Morgan fingerprint density at radius 3 is 2.50 bits per heavy atom. The highest BCUT2D eigenvalue weighted by atomic mass is 16.4. The molecule has 6 nitrogen and oxygen atoms in total. The Kier molecular flexibility index (Phi) is 4.12. The van der Waals surface area contributed by atoms with Gasteiger partial charge < -0.3 is 20.8 Å². The van der Waals surface area contributed by atoms with Crippen LogP contribution in [0.15, 0.2) is 0 Å². The lowest BCUT2D eigenvalue weighted by Gasteiger charge is -2.15. The highest BCUT2D eigenvalue weighted by molar-refractivity contribution is 5.82. The summed E-state index contributed by atoms with van der Waals surface area (Å²) in [6.45, 7) is 2.36. The molecule has 0 bridgehead atoms. The largest absolute Gasteiger partial charge is 0.480 e. The van der Waals surface area contributed by atoms with Gasteiger partial charge in [-0.1, -0.05) is 6.92 Å². The number of aliphatic hydroxyl groups excluding tert-OH is 1. The fraction of sp³-hybridized carbons (Fsp3) is 0.800. The number of hydrogen-bond donors (Lipinski definition) is 4. The molecule has 0 saturated heterocycles. The molecule has 6 heteroatoms. The summed E-state index contributed by atoms with van der Waals surface area (Å²) < 4.78 is 0. The second kappa shape index (κ2) is 5.16. The van der Waals surface area contributed by atoms with Gasteiger partial charge >= 0.3 is 12.0 Å². The fourth-order valence-corrected chi connectivity index (χ4v) is 1.28. The second-order valence-electron chi connectivity index (χ2n) is 4.54. The number of carboxylic acid groups (broad SMARTS) is 1. The Labute approximate surface area is 94.0 Å². The van der Waals surface area contributed by atoms with E-state index in [9.17, 15) is 9.59 Å². The quantitative estimate of drug-likeness (QED) is 0.513. The van der Waals surface area contributed by atoms with Crippen molar-refractivity contribution in [2.75, 3.05) is 13.2 Å². The number of nitrogens with one attached hydrogen (secondary N) is 2. The molecule has 1 aliphatic carbocycles. The molecule has 1 atom stereocenters. The number of aliphatic hydroxyl groups is 1. The maximum Gasteiger partial charge on any atom is 0.326 e. The number of urea groups is 1. The van der Waals surface area contributed by atoms with Crippen molar-refractivity contribution in [3.63, 3.8) is 0 Å². The van der Waals surface area contributed by atoms with Crippen LogP contribution in [0.5, 0.6) is 0 Å². The number of aliphatic carboxylic acids is 1. The monoisotopic (exact) mass is 230 g/mol. The van der Waals surface area contributed by atoms with Crippen molar-refractivity contribution in [2.24, 2.45) is 5.41 Å². The first-order valence-corrected chi connectivity index (χ1v) is 5.35. The summed E-state index contributed by atoms with van der Waals surface area (Å²) in [6.07, 6.45) is 2.19. The molecule has 0 radical (unpaired) electrons. The molecular formula is C10H18N2O4. The Morgan fingerprint density at radius 2 is 2.06 bits per heavy atom. The number of hydrogen-bond acceptors (Lipinski definition) is 3. The topological polar surface area (TPSA) is 98.7 Å². The lowest BCUT2D eigenvalue weighted by Crippen LogP contribution is -2.47. The third kappa shape index (κ3) is 4.06. The number of carboxylic acids is 1. The number of carbonyl (C=O) groups is 2. The van der Waals surface area contributed by atoms with E-state index in [1.165, 1.54) is 0 Å². The molecule has 0 unspecified atom stereocenters. The van der Waals surface area contributed by atoms with Crippen molar-refractivity contribution in [2.45, 2.75) is 32.2 Å². The van der Waals surface area contributed by atoms with Crippen molar-refractivity contribution in [1.82, 2.24) is 10.6 Å². The molecule has 1 rings (SSSR count). The summed E-state index contributed by atoms with van der Waals surface area (Å²) >= 11 is 0. The number of amides is 2. The van der Waals surface area contributed by atoms with E-state index in [-0.39, 0.29) is 18.4 Å². The lowest BCUT2D eigenvalue weighted by atomic mass is 10.1. The third-order valence-electron chi connectivity index (χ3n) is 2.80. The highest BCUT2D eigenvalue weighted by Crippen LogP contribution is 2.43. The smallest absolute Gasteiger partial charge is 0.326 e. The van der Waals surface area contributed by atoms with Crippen LogP contribution in [0.25, 0.3) is 0 Å². The minimum Gasteiger partial charge on any atom is -0.480 e. The van der Waals surface area contributed by atoms with Gasteiger partial charge in [0.1, 0.15) is 6.04 Å². The third-order valence-corrected chi connectivity index (χ3v) is 2.80. The van der Waals surface area contributed by atoms with Crippen molar-refractivity contribution in [3.8, 4) is 0 Å². The Bertz CT molecular complexity index is 276. The van der Waals surface area contributed by atoms with Gasteiger partial charge in [0, 0.05) is 19.6 Å². The summed E-state index contributed by atoms with van der Waals surface area (Å²) in [7, 11) is 0. The van der Waals surface area contributed by atoms with Crippen LogP contribution in [0, 0.1) is 5.41 Å². The summed E-state index contributed by atoms with van der Waals surface area (Å²) in [5.41, 5.74) is 0.188. The van der Waals surface area contributed by atoms with Crippen LogP contribution in [0.2, 0.25) is 0 Å². The van der Waals surface area contributed by atoms with Crippen LogP contribution in [-0.4, -0.2) is 41.4 Å². The van der Waals surface area contributed by atoms with Crippen molar-refractivity contribution < 1.29 is 19.8 Å². The van der Waals surface area contributed by atoms with Gasteiger partial charge in [-0.15, -0.1) is 0 Å². The summed E-state index contributed by atoms with van der Waals surface area (Å²) in [5.74, 6) is -1.14. The first-order chi connectivity index (χ1) is 7.47. The molecular weight excluding hydrogens is 212 g/mol. The predicted molar refractivity (Wildman–Crippen MR) is 57.0 cm³/mol. The van der Waals surface area contributed by atoms with E-state index in [0.717, 1.165) is 12.8 Å². The average molecular weight is 230 g/mol. The number of rotatable bonds is 6. The fourth-order valence-electron chi connectivity index (χ4n) is 1.28. The van der Waals surface area contributed by atoms with E-state index in [1.807, 2.05) is 0 Å². The maximum absolute atomic E-state index is 11.3. The standard InChI is InChI=1S/C10H18N2O4/c1-10(3-4-10)6-11-9(16)12-7(2-5-13)8(14)15/h7,13H,2-6H2,1H3,(H,14,15)(H2,11,12,16)/t7-/m0/s1. The van der Waals surface area contributed by atoms with Gasteiger partial charge in [-0.3, -0.25) is 0 Å². The lowest BCUT2D eigenvalue weighted by molar-refractivity contribution is -0.139. The molecule has 4 N–H and O–H groups in total. The second-order valence-corrected chi connectivity index (χ2v) is 4.54. The summed E-state index contributed by atoms with van der Waals surface area (Å²) in [6, 6.07) is -1.52. The Morgan fingerprint density at radius 1 is 1.44 bits per heavy atom. The SMILES string of the molecule is CC1(CNC(=O)N[C@@H](CCO)C(=O)O)CC1. The van der Waals surface area contributed by atoms with Crippen molar-refractivity contribution in [1.29, 1.82) is 0 Å². The molecule has 1 saturated carbocycles. The van der Waals surface area contributed by atoms with Crippen molar-refractivity contribution >= 4 is 12.0 Å². The molecule has 0 aromatic heterocycles. The van der Waals surface area contributed by atoms with Crippen molar-refractivity contribution in [3.05, 3.63) is 0 Å². The Balaban J connectivity index is 2.27. The molecule has 0 spiro atoms. The molecule has 1 fully saturated rings. The molecule has 2 amide bonds. The van der Waals surface area contributed by atoms with Crippen LogP contribution in [-0.2, 0) is 4.79 Å². The van der Waals surface area contributed by atoms with Gasteiger partial charge in [-0.05, 0) is 18.3 Å². The van der Waals surface area contributed by atoms with E-state index in [0.29, 0.717) is 6.54 Å². The first-order valence-electron chi connectivity index (χ1n) is 5.35. The van der Waals surface area contributed by atoms with Gasteiger partial charge in [0.25, 0.3) is 0 Å². The van der Waals surface area contributed by atoms with Crippen LogP contribution >= 0.6 is 0 Å². The highest BCUT2D eigenvalue weighted by Gasteiger charge is 2.37. The van der Waals surface area contributed by atoms with E-state index in [2.05, 4.69) is 17.6 Å². The van der Waals surface area contributed by atoms with Crippen LogP contribution in [0.4, 0.5) is 4.79 Å². The molecule has 92 valence electrons. The zero-order valence-electron chi connectivity index (χ0n) is 9.32. The molecule has 0 heterocycles. The zero-order valence-corrected chi connectivity index (χ0v) is 9.32. The zero-order chi connectivity index (χ0) is 12.2. The molecule has 1 aliphatic rings. The molecule has 0 aromatic carbocycles. The molecule has 0 aromatic rings. The maximum atomic E-state index is 11.3. The summed E-state index contributed by atoms with van der Waals surface area (Å²) in [5, 5.41) is 22.3. The average Bonchev–Trinajstić information content (AvgIpc) is 2.94. The summed E-state index contributed by atoms with van der Waals surface area (Å²) in [4.78, 5) is 22.0. The van der Waals surface area contributed by atoms with Gasteiger partial charge in [0.15, 0.2) is 0 Å². The molecule has 0 aliphatic heterocycles. The number of carbonyl (C=O) groups excluding carboxylic acids is 1.